The number of hydrogen-bond donors (Lipinski definition) is 2. The summed E-state index contributed by atoms with van der Waals surface area (Å²) in [5, 5.41) is 22.3. The SMILES string of the molecule is CC(C)(CO)Nc1ccc([N+](=O)[O-])cn1. The van der Waals surface area contributed by atoms with E-state index < -0.39 is 10.5 Å². The Balaban J connectivity index is 2.77. The number of aliphatic hydroxyl groups excluding tert-OH is 1. The van der Waals surface area contributed by atoms with Crippen molar-refractivity contribution in [3.05, 3.63) is 28.4 Å². The number of aromatic nitrogens is 1. The summed E-state index contributed by atoms with van der Waals surface area (Å²) in [5.41, 5.74) is -0.550. The molecule has 15 heavy (non-hydrogen) atoms. The Bertz CT molecular complexity index is 348. The van der Waals surface area contributed by atoms with Crippen LogP contribution in [0.4, 0.5) is 11.5 Å². The van der Waals surface area contributed by atoms with E-state index >= 15 is 0 Å². The largest absolute Gasteiger partial charge is 0.394 e. The van der Waals surface area contributed by atoms with E-state index in [-0.39, 0.29) is 12.3 Å². The Morgan fingerprint density at radius 3 is 2.67 bits per heavy atom. The molecule has 0 radical (unpaired) electrons. The molecule has 0 aliphatic heterocycles. The number of anilines is 1. The lowest BCUT2D eigenvalue weighted by atomic mass is 10.1. The molecule has 1 aromatic rings. The first kappa shape index (κ1) is 11.4. The summed E-state index contributed by atoms with van der Waals surface area (Å²) < 4.78 is 0. The molecule has 0 fully saturated rings. The molecular formula is C9H13N3O3. The Kier molecular flexibility index (Phi) is 3.21. The molecule has 0 amide bonds. The third-order valence-electron chi connectivity index (χ3n) is 1.82. The molecule has 0 spiro atoms. The highest BCUT2D eigenvalue weighted by Crippen LogP contribution is 2.15. The second kappa shape index (κ2) is 4.22. The fourth-order valence-corrected chi connectivity index (χ4v) is 0.954. The minimum Gasteiger partial charge on any atom is -0.394 e. The summed E-state index contributed by atoms with van der Waals surface area (Å²) in [7, 11) is 0. The lowest BCUT2D eigenvalue weighted by Gasteiger charge is -2.23. The van der Waals surface area contributed by atoms with Gasteiger partial charge in [0.25, 0.3) is 5.69 Å². The maximum Gasteiger partial charge on any atom is 0.287 e. The van der Waals surface area contributed by atoms with Gasteiger partial charge in [-0.05, 0) is 19.9 Å². The molecule has 6 nitrogen and oxygen atoms in total. The van der Waals surface area contributed by atoms with Gasteiger partial charge in [0.05, 0.1) is 17.1 Å². The van der Waals surface area contributed by atoms with Gasteiger partial charge < -0.3 is 10.4 Å². The zero-order valence-corrected chi connectivity index (χ0v) is 8.60. The predicted molar refractivity (Wildman–Crippen MR) is 55.7 cm³/mol. The van der Waals surface area contributed by atoms with Gasteiger partial charge >= 0.3 is 0 Å². The van der Waals surface area contributed by atoms with Crippen LogP contribution in [0, 0.1) is 10.1 Å². The van der Waals surface area contributed by atoms with Crippen LogP contribution in [0.5, 0.6) is 0 Å². The number of nitrogens with one attached hydrogen (secondary N) is 1. The minimum atomic E-state index is -0.506. The number of nitro groups is 1. The Morgan fingerprint density at radius 2 is 2.27 bits per heavy atom. The summed E-state index contributed by atoms with van der Waals surface area (Å²) in [4.78, 5) is 13.7. The Labute approximate surface area is 87.1 Å². The molecule has 0 aliphatic carbocycles. The van der Waals surface area contributed by atoms with E-state index in [0.717, 1.165) is 0 Å². The van der Waals surface area contributed by atoms with Crippen molar-refractivity contribution in [3.63, 3.8) is 0 Å². The zero-order chi connectivity index (χ0) is 11.5. The Hall–Kier alpha value is -1.69. The van der Waals surface area contributed by atoms with E-state index in [1.165, 1.54) is 18.3 Å². The van der Waals surface area contributed by atoms with Crippen LogP contribution >= 0.6 is 0 Å². The molecule has 1 rings (SSSR count). The zero-order valence-electron chi connectivity index (χ0n) is 8.60. The van der Waals surface area contributed by atoms with Gasteiger partial charge in [0.15, 0.2) is 0 Å². The van der Waals surface area contributed by atoms with Gasteiger partial charge in [-0.1, -0.05) is 0 Å². The van der Waals surface area contributed by atoms with Crippen molar-refractivity contribution in [1.29, 1.82) is 0 Å². The van der Waals surface area contributed by atoms with Crippen LogP contribution < -0.4 is 5.32 Å². The lowest BCUT2D eigenvalue weighted by Crippen LogP contribution is -2.35. The molecule has 0 saturated carbocycles. The average molecular weight is 211 g/mol. The van der Waals surface area contributed by atoms with Crippen molar-refractivity contribution < 1.29 is 10.0 Å². The van der Waals surface area contributed by atoms with Gasteiger partial charge in [-0.15, -0.1) is 0 Å². The van der Waals surface area contributed by atoms with Crippen molar-refractivity contribution in [2.45, 2.75) is 19.4 Å². The number of aliphatic hydroxyl groups is 1. The Morgan fingerprint density at radius 1 is 1.60 bits per heavy atom. The molecule has 0 atom stereocenters. The molecule has 6 heteroatoms. The standard InChI is InChI=1S/C9H13N3O3/c1-9(2,6-13)11-8-4-3-7(5-10-8)12(14)15/h3-5,13H,6H2,1-2H3,(H,10,11). The third-order valence-corrected chi connectivity index (χ3v) is 1.82. The van der Waals surface area contributed by atoms with E-state index in [1.54, 1.807) is 13.8 Å². The highest BCUT2D eigenvalue weighted by molar-refractivity contribution is 5.41. The number of rotatable bonds is 4. The van der Waals surface area contributed by atoms with Gasteiger partial charge in [-0.3, -0.25) is 10.1 Å². The van der Waals surface area contributed by atoms with Crippen molar-refractivity contribution in [3.8, 4) is 0 Å². The molecule has 82 valence electrons. The van der Waals surface area contributed by atoms with Gasteiger partial charge in [-0.25, -0.2) is 4.98 Å². The summed E-state index contributed by atoms with van der Waals surface area (Å²) in [6.07, 6.45) is 1.18. The smallest absolute Gasteiger partial charge is 0.287 e. The summed E-state index contributed by atoms with van der Waals surface area (Å²) in [5.74, 6) is 0.500. The van der Waals surface area contributed by atoms with E-state index in [2.05, 4.69) is 10.3 Å². The van der Waals surface area contributed by atoms with E-state index in [4.69, 9.17) is 5.11 Å². The van der Waals surface area contributed by atoms with Crippen molar-refractivity contribution in [1.82, 2.24) is 4.98 Å². The summed E-state index contributed by atoms with van der Waals surface area (Å²) in [6, 6.07) is 2.87. The monoisotopic (exact) mass is 211 g/mol. The van der Waals surface area contributed by atoms with Crippen LogP contribution in [0.1, 0.15) is 13.8 Å². The molecule has 0 aromatic carbocycles. The van der Waals surface area contributed by atoms with Crippen LogP contribution in [0.15, 0.2) is 18.3 Å². The normalized spacial score (nSPS) is 11.1. The number of hydrogen-bond acceptors (Lipinski definition) is 5. The van der Waals surface area contributed by atoms with Crippen LogP contribution in [0.25, 0.3) is 0 Å². The second-order valence-electron chi connectivity index (χ2n) is 3.83. The molecule has 1 aromatic heterocycles. The molecule has 0 aliphatic rings. The molecular weight excluding hydrogens is 198 g/mol. The van der Waals surface area contributed by atoms with Gasteiger partial charge in [0.1, 0.15) is 12.0 Å². The first-order chi connectivity index (χ1) is 6.94. The van der Waals surface area contributed by atoms with Crippen molar-refractivity contribution in [2.75, 3.05) is 11.9 Å². The van der Waals surface area contributed by atoms with Crippen LogP contribution in [0.2, 0.25) is 0 Å². The van der Waals surface area contributed by atoms with Crippen molar-refractivity contribution in [2.24, 2.45) is 0 Å². The second-order valence-corrected chi connectivity index (χ2v) is 3.83. The quantitative estimate of drug-likeness (QED) is 0.576. The first-order valence-corrected chi connectivity index (χ1v) is 4.44. The maximum absolute atomic E-state index is 10.4. The van der Waals surface area contributed by atoms with E-state index in [9.17, 15) is 10.1 Å². The molecule has 2 N–H and O–H groups in total. The number of nitrogens with zero attached hydrogens (tertiary/aromatic N) is 2. The van der Waals surface area contributed by atoms with Gasteiger partial charge in [-0.2, -0.15) is 0 Å². The topological polar surface area (TPSA) is 88.3 Å². The fourth-order valence-electron chi connectivity index (χ4n) is 0.954. The first-order valence-electron chi connectivity index (χ1n) is 4.44. The highest BCUT2D eigenvalue weighted by atomic mass is 16.6. The molecule has 0 saturated heterocycles. The molecule has 1 heterocycles. The van der Waals surface area contributed by atoms with E-state index in [1.807, 2.05) is 0 Å². The van der Waals surface area contributed by atoms with Gasteiger partial charge in [0, 0.05) is 6.07 Å². The predicted octanol–water partition coefficient (Wildman–Crippen LogP) is 1.17. The van der Waals surface area contributed by atoms with Crippen LogP contribution in [-0.4, -0.2) is 27.2 Å². The summed E-state index contributed by atoms with van der Waals surface area (Å²) in [6.45, 7) is 3.55. The van der Waals surface area contributed by atoms with Crippen LogP contribution in [0.3, 0.4) is 0 Å². The average Bonchev–Trinajstić information content (AvgIpc) is 2.18. The summed E-state index contributed by atoms with van der Waals surface area (Å²) >= 11 is 0. The highest BCUT2D eigenvalue weighted by Gasteiger charge is 2.16. The van der Waals surface area contributed by atoms with Crippen LogP contribution in [-0.2, 0) is 0 Å². The maximum atomic E-state index is 10.4. The minimum absolute atomic E-state index is 0.0499. The molecule has 0 bridgehead atoms. The molecule has 0 unspecified atom stereocenters. The fraction of sp³-hybridized carbons (Fsp3) is 0.444. The number of pyridine rings is 1. The van der Waals surface area contributed by atoms with E-state index in [0.29, 0.717) is 5.82 Å². The lowest BCUT2D eigenvalue weighted by molar-refractivity contribution is -0.385. The third kappa shape index (κ3) is 3.17. The van der Waals surface area contributed by atoms with Crippen molar-refractivity contribution >= 4 is 11.5 Å². The van der Waals surface area contributed by atoms with Gasteiger partial charge in [0.2, 0.25) is 0 Å².